The first-order chi connectivity index (χ1) is 7.06. The lowest BCUT2D eigenvalue weighted by Gasteiger charge is -2.24. The fraction of sp³-hybridized carbons (Fsp3) is 0.600. The van der Waals surface area contributed by atoms with Crippen molar-refractivity contribution in [1.29, 1.82) is 0 Å². The highest BCUT2D eigenvalue weighted by Crippen LogP contribution is 2.36. The first kappa shape index (κ1) is 13.3. The van der Waals surface area contributed by atoms with E-state index in [4.69, 9.17) is 23.2 Å². The van der Waals surface area contributed by atoms with Crippen molar-refractivity contribution in [3.8, 4) is 0 Å². The maximum absolute atomic E-state index is 6.11. The molecule has 0 aliphatic carbocycles. The van der Waals surface area contributed by atoms with Gasteiger partial charge in [-0.25, -0.2) is 0 Å². The summed E-state index contributed by atoms with van der Waals surface area (Å²) >= 11 is 13.5. The molecule has 2 nitrogen and oxygen atoms in total. The zero-order chi connectivity index (χ0) is 11.4. The standard InChI is InChI=1S/C10H16Cl2N2S/c1-7(14(3)5-4-13-2)8-6-9(11)15-10(8)12/h6-7,13H,4-5H2,1-3H3. The van der Waals surface area contributed by atoms with E-state index < -0.39 is 0 Å². The molecule has 1 aromatic heterocycles. The largest absolute Gasteiger partial charge is 0.318 e. The molecular formula is C10H16Cl2N2S. The van der Waals surface area contributed by atoms with E-state index in [-0.39, 0.29) is 0 Å². The molecule has 15 heavy (non-hydrogen) atoms. The number of rotatable bonds is 5. The summed E-state index contributed by atoms with van der Waals surface area (Å²) in [4.78, 5) is 2.25. The number of nitrogens with one attached hydrogen (secondary N) is 1. The van der Waals surface area contributed by atoms with Gasteiger partial charge >= 0.3 is 0 Å². The highest BCUT2D eigenvalue weighted by Gasteiger charge is 2.16. The maximum atomic E-state index is 6.11. The molecule has 1 rings (SSSR count). The highest BCUT2D eigenvalue weighted by molar-refractivity contribution is 7.20. The van der Waals surface area contributed by atoms with Gasteiger partial charge in [0.25, 0.3) is 0 Å². The fourth-order valence-electron chi connectivity index (χ4n) is 1.36. The number of nitrogens with zero attached hydrogens (tertiary/aromatic N) is 1. The Bertz CT molecular complexity index is 314. The van der Waals surface area contributed by atoms with Gasteiger partial charge in [0.15, 0.2) is 0 Å². The summed E-state index contributed by atoms with van der Waals surface area (Å²) in [5.41, 5.74) is 1.12. The second kappa shape index (κ2) is 6.06. The fourth-order valence-corrected chi connectivity index (χ4v) is 2.99. The Morgan fingerprint density at radius 1 is 1.53 bits per heavy atom. The first-order valence-electron chi connectivity index (χ1n) is 4.85. The quantitative estimate of drug-likeness (QED) is 0.880. The third-order valence-corrected chi connectivity index (χ3v) is 4.03. The number of halogens is 2. The van der Waals surface area contributed by atoms with Crippen LogP contribution >= 0.6 is 34.5 Å². The normalized spacial score (nSPS) is 13.5. The predicted molar refractivity (Wildman–Crippen MR) is 69.3 cm³/mol. The number of hydrogen-bond donors (Lipinski definition) is 1. The van der Waals surface area contributed by atoms with Crippen LogP contribution in [-0.4, -0.2) is 32.1 Å². The van der Waals surface area contributed by atoms with Gasteiger partial charge in [-0.2, -0.15) is 0 Å². The molecule has 0 amide bonds. The Morgan fingerprint density at radius 2 is 2.20 bits per heavy atom. The van der Waals surface area contributed by atoms with Crippen LogP contribution in [-0.2, 0) is 0 Å². The second-order valence-electron chi connectivity index (χ2n) is 3.54. The van der Waals surface area contributed by atoms with Crippen molar-refractivity contribution < 1.29 is 0 Å². The highest BCUT2D eigenvalue weighted by atomic mass is 35.5. The molecule has 5 heteroatoms. The lowest BCUT2D eigenvalue weighted by Crippen LogP contribution is -2.29. The minimum atomic E-state index is 0.301. The summed E-state index contributed by atoms with van der Waals surface area (Å²) < 4.78 is 1.55. The molecule has 0 saturated carbocycles. The van der Waals surface area contributed by atoms with Crippen LogP contribution in [0.4, 0.5) is 0 Å². The van der Waals surface area contributed by atoms with Crippen LogP contribution in [0.1, 0.15) is 18.5 Å². The van der Waals surface area contributed by atoms with Gasteiger partial charge in [-0.1, -0.05) is 23.2 Å². The summed E-state index contributed by atoms with van der Waals surface area (Å²) in [5, 5.41) is 3.13. The van der Waals surface area contributed by atoms with Gasteiger partial charge in [-0.05, 0) is 27.1 Å². The van der Waals surface area contributed by atoms with E-state index in [2.05, 4.69) is 24.2 Å². The first-order valence-corrected chi connectivity index (χ1v) is 6.43. The van der Waals surface area contributed by atoms with Crippen molar-refractivity contribution in [3.05, 3.63) is 20.3 Å². The Morgan fingerprint density at radius 3 is 2.67 bits per heavy atom. The molecule has 0 fully saturated rings. The molecule has 86 valence electrons. The maximum Gasteiger partial charge on any atom is 0.0991 e. The minimum absolute atomic E-state index is 0.301. The molecule has 1 heterocycles. The van der Waals surface area contributed by atoms with Crippen LogP contribution < -0.4 is 5.32 Å². The summed E-state index contributed by atoms with van der Waals surface area (Å²) in [6.07, 6.45) is 0. The SMILES string of the molecule is CNCCN(C)C(C)c1cc(Cl)sc1Cl. The van der Waals surface area contributed by atoms with E-state index >= 15 is 0 Å². The van der Waals surface area contributed by atoms with Gasteiger partial charge in [-0.3, -0.25) is 4.90 Å². The number of hydrogen-bond acceptors (Lipinski definition) is 3. The monoisotopic (exact) mass is 266 g/mol. The van der Waals surface area contributed by atoms with Gasteiger partial charge in [0, 0.05) is 24.7 Å². The molecule has 0 aliphatic heterocycles. The molecule has 0 spiro atoms. The summed E-state index contributed by atoms with van der Waals surface area (Å²) in [7, 11) is 4.04. The summed E-state index contributed by atoms with van der Waals surface area (Å²) in [5.74, 6) is 0. The minimum Gasteiger partial charge on any atom is -0.318 e. The van der Waals surface area contributed by atoms with Crippen LogP contribution in [0.3, 0.4) is 0 Å². The van der Waals surface area contributed by atoms with E-state index in [1.807, 2.05) is 13.1 Å². The van der Waals surface area contributed by atoms with Gasteiger partial charge in [0.1, 0.15) is 0 Å². The van der Waals surface area contributed by atoms with Crippen molar-refractivity contribution in [1.82, 2.24) is 10.2 Å². The predicted octanol–water partition coefficient (Wildman–Crippen LogP) is 3.27. The van der Waals surface area contributed by atoms with Crippen molar-refractivity contribution in [3.63, 3.8) is 0 Å². The van der Waals surface area contributed by atoms with Crippen molar-refractivity contribution in [2.24, 2.45) is 0 Å². The summed E-state index contributed by atoms with van der Waals surface area (Å²) in [6, 6.07) is 2.25. The average molecular weight is 267 g/mol. The Labute approximate surface area is 105 Å². The van der Waals surface area contributed by atoms with Gasteiger partial charge in [0.05, 0.1) is 8.67 Å². The van der Waals surface area contributed by atoms with E-state index in [0.717, 1.165) is 27.3 Å². The molecule has 1 aromatic rings. The van der Waals surface area contributed by atoms with Crippen molar-refractivity contribution in [2.45, 2.75) is 13.0 Å². The van der Waals surface area contributed by atoms with Crippen LogP contribution in [0.5, 0.6) is 0 Å². The van der Waals surface area contributed by atoms with Crippen molar-refractivity contribution in [2.75, 3.05) is 27.2 Å². The van der Waals surface area contributed by atoms with E-state index in [9.17, 15) is 0 Å². The Kier molecular flexibility index (Phi) is 5.36. The van der Waals surface area contributed by atoms with Crippen molar-refractivity contribution >= 4 is 34.5 Å². The van der Waals surface area contributed by atoms with E-state index in [0.29, 0.717) is 6.04 Å². The molecule has 1 atom stereocenters. The molecular weight excluding hydrogens is 251 g/mol. The molecule has 0 aliphatic rings. The molecule has 0 saturated heterocycles. The number of likely N-dealkylation sites (N-methyl/N-ethyl adjacent to an activating group) is 2. The third kappa shape index (κ3) is 3.61. The Balaban J connectivity index is 2.66. The average Bonchev–Trinajstić information content (AvgIpc) is 2.53. The lowest BCUT2D eigenvalue weighted by molar-refractivity contribution is 0.264. The molecule has 1 N–H and O–H groups in total. The van der Waals surface area contributed by atoms with Gasteiger partial charge < -0.3 is 5.32 Å². The van der Waals surface area contributed by atoms with Gasteiger partial charge in [0.2, 0.25) is 0 Å². The van der Waals surface area contributed by atoms with Gasteiger partial charge in [-0.15, -0.1) is 11.3 Å². The summed E-state index contributed by atoms with van der Waals surface area (Å²) in [6.45, 7) is 4.09. The topological polar surface area (TPSA) is 15.3 Å². The van der Waals surface area contributed by atoms with Crippen LogP contribution in [0.15, 0.2) is 6.07 Å². The van der Waals surface area contributed by atoms with Crippen LogP contribution in [0.2, 0.25) is 8.67 Å². The molecule has 0 radical (unpaired) electrons. The van der Waals surface area contributed by atoms with Crippen LogP contribution in [0.25, 0.3) is 0 Å². The second-order valence-corrected chi connectivity index (χ2v) is 5.83. The molecule has 0 bridgehead atoms. The van der Waals surface area contributed by atoms with Crippen LogP contribution in [0, 0.1) is 0 Å². The lowest BCUT2D eigenvalue weighted by atomic mass is 10.1. The zero-order valence-electron chi connectivity index (χ0n) is 9.18. The smallest absolute Gasteiger partial charge is 0.0991 e. The number of thiophene rings is 1. The molecule has 1 unspecified atom stereocenters. The Hall–Kier alpha value is 0.200. The molecule has 0 aromatic carbocycles. The zero-order valence-corrected chi connectivity index (χ0v) is 11.5. The van der Waals surface area contributed by atoms with E-state index in [1.165, 1.54) is 11.3 Å². The third-order valence-electron chi connectivity index (χ3n) is 2.51. The van der Waals surface area contributed by atoms with E-state index in [1.54, 1.807) is 0 Å².